The lowest BCUT2D eigenvalue weighted by Crippen LogP contribution is -2.00. The molecule has 0 fully saturated rings. The van der Waals surface area contributed by atoms with Gasteiger partial charge in [-0.15, -0.1) is 0 Å². The average Bonchev–Trinajstić information content (AvgIpc) is 3.98. The summed E-state index contributed by atoms with van der Waals surface area (Å²) in [7, 11) is 0. The second-order valence-corrected chi connectivity index (χ2v) is 17.5. The van der Waals surface area contributed by atoms with Crippen LogP contribution < -0.4 is 0 Å². The molecule has 0 atom stereocenters. The zero-order chi connectivity index (χ0) is 46.1. The molecule has 5 heterocycles. The number of para-hydroxylation sites is 2. The summed E-state index contributed by atoms with van der Waals surface area (Å²) < 4.78 is 8.90. The van der Waals surface area contributed by atoms with Crippen molar-refractivity contribution in [2.45, 2.75) is 0 Å². The second-order valence-electron chi connectivity index (χ2n) is 17.5. The minimum absolute atomic E-state index is 0.497. The third kappa shape index (κ3) is 6.69. The molecular weight excluding hydrogens is 859 g/mol. The summed E-state index contributed by atoms with van der Waals surface area (Å²) in [5, 5.41) is 8.05. The smallest absolute Gasteiger partial charge is 0.229 e. The highest BCUT2D eigenvalue weighted by Gasteiger charge is 2.21. The molecule has 9 aromatic carbocycles. The molecule has 14 rings (SSSR count). The molecule has 70 heavy (non-hydrogen) atoms. The van der Waals surface area contributed by atoms with Gasteiger partial charge >= 0.3 is 0 Å². The summed E-state index contributed by atoms with van der Waals surface area (Å²) in [5.74, 6) is 2.32. The van der Waals surface area contributed by atoms with Gasteiger partial charge in [0, 0.05) is 56.0 Å². The fourth-order valence-electron chi connectivity index (χ4n) is 9.81. The third-order valence-corrected chi connectivity index (χ3v) is 13.3. The zero-order valence-electron chi connectivity index (χ0n) is 37.4. The molecule has 0 radical (unpaired) electrons. The molecule has 0 spiro atoms. The molecule has 8 nitrogen and oxygen atoms in total. The van der Waals surface area contributed by atoms with Crippen LogP contribution in [0.4, 0.5) is 0 Å². The number of hydrogen-bond acceptors (Lipinski definition) is 7. The van der Waals surface area contributed by atoms with Crippen LogP contribution in [0.2, 0.25) is 0 Å². The van der Waals surface area contributed by atoms with Crippen LogP contribution in [0, 0.1) is 0 Å². The maximum absolute atomic E-state index is 6.59. The maximum Gasteiger partial charge on any atom is 0.229 e. The van der Waals surface area contributed by atoms with Crippen LogP contribution >= 0.6 is 0 Å². The quantitative estimate of drug-likeness (QED) is 0.147. The lowest BCUT2D eigenvalue weighted by atomic mass is 9.99. The summed E-state index contributed by atoms with van der Waals surface area (Å²) in [5.41, 5.74) is 12.2. The fraction of sp³-hybridized carbons (Fsp3) is 0. The van der Waals surface area contributed by atoms with E-state index in [9.17, 15) is 0 Å². The van der Waals surface area contributed by atoms with Crippen molar-refractivity contribution in [3.8, 4) is 73.6 Å². The number of aromatic nitrogens is 7. The van der Waals surface area contributed by atoms with Crippen LogP contribution in [-0.2, 0) is 0 Å². The standard InChI is InChI=1S/C62H37N7O/c1-3-13-39(14-4-1)58-64-55(57-56(65-58)52-36-48(37-63-62(52)70-57)46-28-27-45-33-43-17-7-8-18-44(43)34-47(45)35-46)38-23-25-41(26-24-38)60-66-59(40-15-5-2-6-16-40)67-61(68-60)42-29-31-49(32-30-42)69-53-21-11-9-19-50(53)51-20-10-12-22-54(51)69/h1-37H. The van der Waals surface area contributed by atoms with E-state index in [-0.39, 0.29) is 0 Å². The first kappa shape index (κ1) is 39.5. The highest BCUT2D eigenvalue weighted by Crippen LogP contribution is 2.39. The van der Waals surface area contributed by atoms with Gasteiger partial charge in [0.15, 0.2) is 28.9 Å². The van der Waals surface area contributed by atoms with Crippen molar-refractivity contribution >= 4 is 65.6 Å². The van der Waals surface area contributed by atoms with Crippen molar-refractivity contribution in [2.75, 3.05) is 0 Å². The van der Waals surface area contributed by atoms with Gasteiger partial charge in [-0.1, -0.05) is 158 Å². The van der Waals surface area contributed by atoms with Crippen molar-refractivity contribution in [3.05, 3.63) is 225 Å². The van der Waals surface area contributed by atoms with Gasteiger partial charge in [-0.25, -0.2) is 29.9 Å². The van der Waals surface area contributed by atoms with Crippen LogP contribution in [0.1, 0.15) is 0 Å². The lowest BCUT2D eigenvalue weighted by molar-refractivity contribution is 0.653. The van der Waals surface area contributed by atoms with E-state index in [0.29, 0.717) is 45.8 Å². The number of rotatable bonds is 7. The number of fused-ring (bicyclic) bond motifs is 8. The minimum atomic E-state index is 0.497. The summed E-state index contributed by atoms with van der Waals surface area (Å²) in [6.07, 6.45) is 1.87. The SMILES string of the molecule is c1ccc(-c2nc(-c3ccc(-c4nc(-c5ccccc5)nc5c4oc4ncc(-c6ccc7cc8ccccc8cc7c6)cc45)cc3)nc(-c3ccc(-n4c5ccccc5c5ccccc54)cc3)n2)cc1. The average molecular weight is 896 g/mol. The minimum Gasteiger partial charge on any atom is -0.434 e. The summed E-state index contributed by atoms with van der Waals surface area (Å²) in [6.45, 7) is 0. The Kier molecular flexibility index (Phi) is 9.03. The van der Waals surface area contributed by atoms with E-state index in [4.69, 9.17) is 34.3 Å². The molecule has 0 saturated carbocycles. The summed E-state index contributed by atoms with van der Waals surface area (Å²) in [4.78, 5) is 30.4. The Bertz CT molecular complexity index is 4280. The predicted molar refractivity (Wildman–Crippen MR) is 282 cm³/mol. The zero-order valence-corrected chi connectivity index (χ0v) is 37.4. The van der Waals surface area contributed by atoms with Gasteiger partial charge in [-0.05, 0) is 87.8 Å². The Morgan fingerprint density at radius 2 is 0.814 bits per heavy atom. The van der Waals surface area contributed by atoms with E-state index in [1.165, 1.54) is 32.3 Å². The summed E-state index contributed by atoms with van der Waals surface area (Å²) >= 11 is 0. The molecule has 14 aromatic rings. The van der Waals surface area contributed by atoms with Gasteiger partial charge in [0.05, 0.1) is 16.4 Å². The molecule has 0 amide bonds. The first-order valence-electron chi connectivity index (χ1n) is 23.3. The Morgan fingerprint density at radius 3 is 1.44 bits per heavy atom. The normalized spacial score (nSPS) is 11.7. The van der Waals surface area contributed by atoms with E-state index in [2.05, 4.69) is 138 Å². The fourth-order valence-corrected chi connectivity index (χ4v) is 9.81. The molecule has 8 heteroatoms. The predicted octanol–water partition coefficient (Wildman–Crippen LogP) is 15.4. The Balaban J connectivity index is 0.858. The molecule has 326 valence electrons. The monoisotopic (exact) mass is 895 g/mol. The van der Waals surface area contributed by atoms with Gasteiger partial charge in [-0.2, -0.15) is 0 Å². The van der Waals surface area contributed by atoms with Gasteiger partial charge < -0.3 is 8.98 Å². The molecular formula is C62H37N7O. The number of nitrogens with zero attached hydrogens (tertiary/aromatic N) is 7. The van der Waals surface area contributed by atoms with Crippen LogP contribution in [-0.4, -0.2) is 34.5 Å². The largest absolute Gasteiger partial charge is 0.434 e. The van der Waals surface area contributed by atoms with Crippen LogP contribution in [0.25, 0.3) is 139 Å². The molecule has 0 aliphatic rings. The third-order valence-electron chi connectivity index (χ3n) is 13.3. The van der Waals surface area contributed by atoms with E-state index >= 15 is 0 Å². The van der Waals surface area contributed by atoms with Crippen molar-refractivity contribution < 1.29 is 4.42 Å². The van der Waals surface area contributed by atoms with E-state index in [1.807, 2.05) is 91.1 Å². The van der Waals surface area contributed by atoms with Crippen molar-refractivity contribution in [1.29, 1.82) is 0 Å². The van der Waals surface area contributed by atoms with Gasteiger partial charge in [0.1, 0.15) is 11.2 Å². The number of benzene rings is 9. The molecule has 0 bridgehead atoms. The van der Waals surface area contributed by atoms with Crippen LogP contribution in [0.3, 0.4) is 0 Å². The first-order valence-corrected chi connectivity index (χ1v) is 23.3. The Morgan fingerprint density at radius 1 is 0.329 bits per heavy atom. The Labute approximate surface area is 400 Å². The highest BCUT2D eigenvalue weighted by atomic mass is 16.3. The molecule has 0 aliphatic carbocycles. The van der Waals surface area contributed by atoms with Gasteiger partial charge in [-0.3, -0.25) is 0 Å². The van der Waals surface area contributed by atoms with E-state index in [0.717, 1.165) is 61.1 Å². The molecule has 0 N–H and O–H groups in total. The van der Waals surface area contributed by atoms with E-state index < -0.39 is 0 Å². The maximum atomic E-state index is 6.59. The first-order chi connectivity index (χ1) is 34.6. The van der Waals surface area contributed by atoms with Crippen LogP contribution in [0.15, 0.2) is 229 Å². The number of hydrogen-bond donors (Lipinski definition) is 0. The molecule has 0 saturated heterocycles. The summed E-state index contributed by atoms with van der Waals surface area (Å²) in [6, 6.07) is 75.4. The molecule has 5 aromatic heterocycles. The van der Waals surface area contributed by atoms with Crippen molar-refractivity contribution in [3.63, 3.8) is 0 Å². The van der Waals surface area contributed by atoms with E-state index in [1.54, 1.807) is 0 Å². The Hall–Kier alpha value is -9.66. The lowest BCUT2D eigenvalue weighted by Gasteiger charge is -2.11. The highest BCUT2D eigenvalue weighted by molar-refractivity contribution is 6.10. The second kappa shape index (κ2) is 16.0. The van der Waals surface area contributed by atoms with Gasteiger partial charge in [0.25, 0.3) is 0 Å². The topological polar surface area (TPSA) is 95.4 Å². The molecule has 0 unspecified atom stereocenters. The van der Waals surface area contributed by atoms with Crippen molar-refractivity contribution in [1.82, 2.24) is 34.5 Å². The van der Waals surface area contributed by atoms with Crippen LogP contribution in [0.5, 0.6) is 0 Å². The number of furan rings is 1. The molecule has 0 aliphatic heterocycles. The van der Waals surface area contributed by atoms with Crippen molar-refractivity contribution in [2.24, 2.45) is 0 Å². The number of pyridine rings is 1. The van der Waals surface area contributed by atoms with Gasteiger partial charge in [0.2, 0.25) is 5.71 Å².